The molecule has 0 fully saturated rings. The number of hydrazone groups is 1. The summed E-state index contributed by atoms with van der Waals surface area (Å²) in [6, 6.07) is 15.5. The summed E-state index contributed by atoms with van der Waals surface area (Å²) in [5.41, 5.74) is 6.01. The number of hydrogen-bond acceptors (Lipinski definition) is 3. The molecule has 2 rings (SSSR count). The van der Waals surface area contributed by atoms with E-state index >= 15 is 0 Å². The van der Waals surface area contributed by atoms with Gasteiger partial charge in [0, 0.05) is 3.57 Å². The Hall–Kier alpha value is -2.48. The van der Waals surface area contributed by atoms with Crippen molar-refractivity contribution < 1.29 is 9.59 Å². The summed E-state index contributed by atoms with van der Waals surface area (Å²) in [7, 11) is 0. The normalized spacial score (nSPS) is 11.7. The van der Waals surface area contributed by atoms with E-state index in [1.165, 1.54) is 11.8 Å². The van der Waals surface area contributed by atoms with Crippen LogP contribution < -0.4 is 10.7 Å². The molecular formula is C21H22IN3O2. The van der Waals surface area contributed by atoms with E-state index < -0.39 is 11.8 Å². The maximum Gasteiger partial charge on any atom is 0.329 e. The topological polar surface area (TPSA) is 70.6 Å². The SMILES string of the molecule is CC(=C/c1ccc(C(C)C)cc1)/C=N/NC(=O)C(=O)Nc1ccccc1I. The Balaban J connectivity index is 1.90. The highest BCUT2D eigenvalue weighted by atomic mass is 127. The van der Waals surface area contributed by atoms with Gasteiger partial charge in [0.15, 0.2) is 0 Å². The van der Waals surface area contributed by atoms with E-state index in [2.05, 4.69) is 64.4 Å². The Morgan fingerprint density at radius 3 is 2.33 bits per heavy atom. The van der Waals surface area contributed by atoms with Crippen LogP contribution in [0, 0.1) is 3.57 Å². The molecule has 0 aliphatic heterocycles. The van der Waals surface area contributed by atoms with Gasteiger partial charge in [0.1, 0.15) is 0 Å². The summed E-state index contributed by atoms with van der Waals surface area (Å²) in [5.74, 6) is -1.09. The van der Waals surface area contributed by atoms with Gasteiger partial charge in [-0.15, -0.1) is 0 Å². The molecule has 0 spiro atoms. The fourth-order valence-corrected chi connectivity index (χ4v) is 2.78. The van der Waals surface area contributed by atoms with Crippen molar-refractivity contribution in [3.63, 3.8) is 0 Å². The highest BCUT2D eigenvalue weighted by Crippen LogP contribution is 2.17. The second kappa shape index (κ2) is 10.0. The van der Waals surface area contributed by atoms with Crippen molar-refractivity contribution >= 4 is 52.4 Å². The summed E-state index contributed by atoms with van der Waals surface area (Å²) in [4.78, 5) is 23.7. The number of rotatable bonds is 5. The number of carbonyl (C=O) groups excluding carboxylic acids is 2. The third-order valence-electron chi connectivity index (χ3n) is 3.76. The van der Waals surface area contributed by atoms with Crippen LogP contribution in [0.15, 0.2) is 59.2 Å². The summed E-state index contributed by atoms with van der Waals surface area (Å²) in [6.07, 6.45) is 3.46. The van der Waals surface area contributed by atoms with E-state index in [0.717, 1.165) is 14.7 Å². The number of amides is 2. The molecule has 5 nitrogen and oxygen atoms in total. The van der Waals surface area contributed by atoms with Crippen LogP contribution >= 0.6 is 22.6 Å². The van der Waals surface area contributed by atoms with E-state index in [1.54, 1.807) is 12.1 Å². The van der Waals surface area contributed by atoms with Gasteiger partial charge < -0.3 is 5.32 Å². The number of benzene rings is 2. The third-order valence-corrected chi connectivity index (χ3v) is 4.70. The van der Waals surface area contributed by atoms with Crippen LogP contribution in [0.3, 0.4) is 0 Å². The first-order valence-corrected chi connectivity index (χ1v) is 9.62. The lowest BCUT2D eigenvalue weighted by atomic mass is 10.0. The molecule has 0 unspecified atom stereocenters. The Morgan fingerprint density at radius 1 is 1.04 bits per heavy atom. The first-order chi connectivity index (χ1) is 12.9. The third kappa shape index (κ3) is 6.63. The van der Waals surface area contributed by atoms with Crippen LogP contribution in [0.5, 0.6) is 0 Å². The molecule has 0 saturated carbocycles. The lowest BCUT2D eigenvalue weighted by Crippen LogP contribution is -2.32. The molecule has 0 saturated heterocycles. The van der Waals surface area contributed by atoms with Gasteiger partial charge in [-0.1, -0.05) is 56.3 Å². The molecule has 0 radical (unpaired) electrons. The van der Waals surface area contributed by atoms with Crippen molar-refractivity contribution in [2.24, 2.45) is 5.10 Å². The zero-order valence-electron chi connectivity index (χ0n) is 15.5. The summed E-state index contributed by atoms with van der Waals surface area (Å²) < 4.78 is 0.849. The highest BCUT2D eigenvalue weighted by Gasteiger charge is 2.13. The predicted octanol–water partition coefficient (Wildman–Crippen LogP) is 4.56. The van der Waals surface area contributed by atoms with Crippen molar-refractivity contribution in [3.8, 4) is 0 Å². The molecule has 0 aliphatic rings. The molecule has 0 aliphatic carbocycles. The first-order valence-electron chi connectivity index (χ1n) is 8.54. The van der Waals surface area contributed by atoms with Crippen LogP contribution in [-0.4, -0.2) is 18.0 Å². The second-order valence-electron chi connectivity index (χ2n) is 6.34. The molecule has 2 amide bonds. The second-order valence-corrected chi connectivity index (χ2v) is 7.51. The van der Waals surface area contributed by atoms with Crippen LogP contribution in [-0.2, 0) is 9.59 Å². The number of anilines is 1. The Kier molecular flexibility index (Phi) is 7.72. The number of para-hydroxylation sites is 1. The van der Waals surface area contributed by atoms with Crippen molar-refractivity contribution in [1.82, 2.24) is 5.43 Å². The summed E-state index contributed by atoms with van der Waals surface area (Å²) in [5, 5.41) is 6.40. The fourth-order valence-electron chi connectivity index (χ4n) is 2.26. The Bertz CT molecular complexity index is 871. The van der Waals surface area contributed by atoms with Gasteiger partial charge in [0.25, 0.3) is 0 Å². The highest BCUT2D eigenvalue weighted by molar-refractivity contribution is 14.1. The largest absolute Gasteiger partial charge is 0.329 e. The maximum atomic E-state index is 11.9. The van der Waals surface area contributed by atoms with E-state index in [0.29, 0.717) is 11.6 Å². The lowest BCUT2D eigenvalue weighted by Gasteiger charge is -2.06. The molecule has 27 heavy (non-hydrogen) atoms. The predicted molar refractivity (Wildman–Crippen MR) is 119 cm³/mol. The number of nitrogens with one attached hydrogen (secondary N) is 2. The summed E-state index contributed by atoms with van der Waals surface area (Å²) >= 11 is 2.09. The molecule has 0 bridgehead atoms. The zero-order valence-corrected chi connectivity index (χ0v) is 17.7. The van der Waals surface area contributed by atoms with Gasteiger partial charge in [-0.3, -0.25) is 9.59 Å². The molecule has 2 aromatic rings. The number of nitrogens with zero attached hydrogens (tertiary/aromatic N) is 1. The van der Waals surface area contributed by atoms with Gasteiger partial charge in [0.2, 0.25) is 0 Å². The molecule has 140 valence electrons. The molecule has 0 heterocycles. The van der Waals surface area contributed by atoms with Crippen LogP contribution in [0.1, 0.15) is 37.8 Å². The fraction of sp³-hybridized carbons (Fsp3) is 0.190. The standard InChI is InChI=1S/C21H22IN3O2/c1-14(2)17-10-8-16(9-11-17)12-15(3)13-23-25-21(27)20(26)24-19-7-5-4-6-18(19)22/h4-14H,1-3H3,(H,24,26)(H,25,27)/b15-12-,23-13+. The van der Waals surface area contributed by atoms with Crippen LogP contribution in [0.25, 0.3) is 6.08 Å². The summed E-state index contributed by atoms with van der Waals surface area (Å²) in [6.45, 7) is 6.18. The minimum Gasteiger partial charge on any atom is -0.317 e. The van der Waals surface area contributed by atoms with Crippen LogP contribution in [0.2, 0.25) is 0 Å². The van der Waals surface area contributed by atoms with Crippen molar-refractivity contribution in [2.45, 2.75) is 26.7 Å². The van der Waals surface area contributed by atoms with Gasteiger partial charge in [-0.05, 0) is 64.3 Å². The van der Waals surface area contributed by atoms with E-state index in [-0.39, 0.29) is 0 Å². The molecular weight excluding hydrogens is 453 g/mol. The van der Waals surface area contributed by atoms with E-state index in [4.69, 9.17) is 0 Å². The molecule has 0 atom stereocenters. The van der Waals surface area contributed by atoms with Crippen molar-refractivity contribution in [1.29, 1.82) is 0 Å². The Morgan fingerprint density at radius 2 is 1.70 bits per heavy atom. The number of carbonyl (C=O) groups is 2. The Labute approximate surface area is 173 Å². The minimum atomic E-state index is -0.819. The van der Waals surface area contributed by atoms with Crippen LogP contribution in [0.4, 0.5) is 5.69 Å². The van der Waals surface area contributed by atoms with E-state index in [1.807, 2.05) is 37.3 Å². The zero-order chi connectivity index (χ0) is 19.8. The number of halogens is 1. The van der Waals surface area contributed by atoms with Crippen molar-refractivity contribution in [2.75, 3.05) is 5.32 Å². The quantitative estimate of drug-likeness (QED) is 0.288. The van der Waals surface area contributed by atoms with Gasteiger partial charge in [-0.2, -0.15) is 5.10 Å². The molecule has 2 N–H and O–H groups in total. The average Bonchev–Trinajstić information content (AvgIpc) is 2.63. The molecule has 6 heteroatoms. The number of hydrogen-bond donors (Lipinski definition) is 2. The average molecular weight is 475 g/mol. The number of allylic oxidation sites excluding steroid dienone is 1. The monoisotopic (exact) mass is 475 g/mol. The van der Waals surface area contributed by atoms with Gasteiger partial charge in [-0.25, -0.2) is 5.43 Å². The minimum absolute atomic E-state index is 0.492. The first kappa shape index (κ1) is 20.8. The van der Waals surface area contributed by atoms with Gasteiger partial charge in [0.05, 0.1) is 11.9 Å². The lowest BCUT2D eigenvalue weighted by molar-refractivity contribution is -0.136. The van der Waals surface area contributed by atoms with E-state index in [9.17, 15) is 9.59 Å². The molecule has 0 aromatic heterocycles. The smallest absolute Gasteiger partial charge is 0.317 e. The van der Waals surface area contributed by atoms with Gasteiger partial charge >= 0.3 is 11.8 Å². The van der Waals surface area contributed by atoms with Crippen molar-refractivity contribution in [3.05, 3.63) is 68.8 Å². The maximum absolute atomic E-state index is 11.9. The molecule has 2 aromatic carbocycles.